The smallest absolute Gasteiger partial charge is 0.484 e. The van der Waals surface area contributed by atoms with Gasteiger partial charge in [-0.25, -0.2) is 8.78 Å². The summed E-state index contributed by atoms with van der Waals surface area (Å²) in [5.41, 5.74) is 3.66. The Bertz CT molecular complexity index is 2490. The molecule has 5 aliphatic rings. The third-order valence-electron chi connectivity index (χ3n) is 12.7. The molecule has 59 heavy (non-hydrogen) atoms. The second-order valence-corrected chi connectivity index (χ2v) is 17.4. The van der Waals surface area contributed by atoms with Crippen LogP contribution in [0.5, 0.6) is 11.8 Å². The topological polar surface area (TPSA) is 100 Å². The molecule has 5 aliphatic heterocycles. The predicted octanol–water partition coefficient (Wildman–Crippen LogP) is 3.91. The van der Waals surface area contributed by atoms with Crippen molar-refractivity contribution in [1.82, 2.24) is 30.1 Å². The van der Waals surface area contributed by atoms with Gasteiger partial charge in [0.15, 0.2) is 11.9 Å². The maximum absolute atomic E-state index is 17.1. The van der Waals surface area contributed by atoms with Crippen molar-refractivity contribution < 1.29 is 91.6 Å². The molecule has 2 bridgehead atoms. The number of rotatable bonds is 9. The van der Waals surface area contributed by atoms with E-state index in [2.05, 4.69) is 50.7 Å². The number of halogens is 2. The fraction of sp³-hybridized carbons (Fsp3) is 0.386. The average Bonchev–Trinajstić information content (AvgIpc) is 3.93. The van der Waals surface area contributed by atoms with Crippen LogP contribution in [0.2, 0.25) is 0 Å². The maximum atomic E-state index is 17.1. The number of nitrogens with one attached hydrogen (secondary N) is 2. The number of likely N-dealkylation sites (N-methyl/N-ethyl adjacent to an activating group) is 1. The van der Waals surface area contributed by atoms with Gasteiger partial charge in [-0.05, 0) is 61.4 Å². The number of ether oxygens (including phenoxy) is 2. The molecule has 2 N–H and O–H groups in total. The molecule has 0 aliphatic carbocycles. The Morgan fingerprint density at radius 2 is 1.90 bits per heavy atom. The molecule has 0 amide bonds. The van der Waals surface area contributed by atoms with E-state index in [0.717, 1.165) is 79.2 Å². The third kappa shape index (κ3) is 7.88. The molecule has 0 saturated carbocycles. The normalized spacial score (nSPS) is 25.8. The summed E-state index contributed by atoms with van der Waals surface area (Å²) in [6.45, 7) is 6.24. The Hall–Kier alpha value is -3.02. The second-order valence-electron chi connectivity index (χ2n) is 16.3. The zero-order chi connectivity index (χ0) is 38.9. The molecular formula is C44H47CsF2N9O2S+. The maximum Gasteiger partial charge on any atom is 1.00 e. The third-order valence-corrected chi connectivity index (χ3v) is 13.6. The van der Waals surface area contributed by atoms with Gasteiger partial charge in [0.1, 0.15) is 59.8 Å². The number of nitrogens with zero attached hydrogens (tertiary/aromatic N) is 7. The zero-order valence-corrected chi connectivity index (χ0v) is 41.1. The van der Waals surface area contributed by atoms with Gasteiger partial charge in [-0.3, -0.25) is 15.4 Å². The minimum absolute atomic E-state index is 0. The van der Waals surface area contributed by atoms with E-state index in [4.69, 9.17) is 25.9 Å². The van der Waals surface area contributed by atoms with Crippen LogP contribution in [-0.4, -0.2) is 99.9 Å². The molecule has 5 unspecified atom stereocenters. The molecular weight excluding hydrogens is 890 g/mol. The van der Waals surface area contributed by atoms with E-state index in [9.17, 15) is 4.39 Å². The molecule has 4 fully saturated rings. The summed E-state index contributed by atoms with van der Waals surface area (Å²) in [6.07, 6.45) is 12.4. The summed E-state index contributed by atoms with van der Waals surface area (Å²) in [5, 5.41) is 5.32. The molecule has 5 aromatic rings. The number of benzene rings is 3. The fourth-order valence-corrected chi connectivity index (χ4v) is 10.8. The number of aliphatic imine (C=N–C) groups is 1. The largest absolute Gasteiger partial charge is 1.00 e. The Labute approximate surface area is 407 Å². The molecule has 0 radical (unpaired) electrons. The molecule has 4 saturated heterocycles. The number of aromatic nitrogens is 3. The number of amidine groups is 1. The minimum atomic E-state index is -0.628. The molecule has 15 heteroatoms. The van der Waals surface area contributed by atoms with Crippen molar-refractivity contribution >= 4 is 45.3 Å². The first kappa shape index (κ1) is 42.7. The molecule has 5 atom stereocenters. The van der Waals surface area contributed by atoms with Gasteiger partial charge in [0.05, 0.1) is 24.5 Å². The van der Waals surface area contributed by atoms with Crippen LogP contribution in [0, 0.1) is 31.4 Å². The van der Waals surface area contributed by atoms with Crippen LogP contribution in [0.25, 0.3) is 32.9 Å². The molecule has 7 heterocycles. The Balaban J connectivity index is 0.00000242. The van der Waals surface area contributed by atoms with Crippen LogP contribution in [0.3, 0.4) is 0 Å². The van der Waals surface area contributed by atoms with Gasteiger partial charge < -0.3 is 31.6 Å². The number of quaternary nitrogens is 1. The SMILES string of the molecule is C#Cc1c(F)ccc2cccc(-c3ncc4c(N5CC6CCC(C5)N6)nc(OCC56CCC[N+]5(C)CC(Oc5cccc(SN7CN=C(C)N7)c5)C6)nc4c3F)c12.[CH3-].[Cs+]. The summed E-state index contributed by atoms with van der Waals surface area (Å²) in [5.74, 6) is 3.64. The van der Waals surface area contributed by atoms with Gasteiger partial charge >= 0.3 is 74.9 Å². The molecule has 10 rings (SSSR count). The summed E-state index contributed by atoms with van der Waals surface area (Å²) >= 11 is 1.60. The average molecular weight is 937 g/mol. The molecule has 11 nitrogen and oxygen atoms in total. The number of anilines is 1. The Kier molecular flexibility index (Phi) is 12.3. The van der Waals surface area contributed by atoms with Crippen LogP contribution in [0.15, 0.2) is 70.7 Å². The van der Waals surface area contributed by atoms with E-state index in [-0.39, 0.29) is 111 Å². The number of hydrazine groups is 1. The number of piperazine rings is 1. The fourth-order valence-electron chi connectivity index (χ4n) is 9.95. The van der Waals surface area contributed by atoms with Gasteiger partial charge in [-0.2, -0.15) is 9.97 Å². The van der Waals surface area contributed by atoms with E-state index >= 15 is 4.39 Å². The molecule has 300 valence electrons. The summed E-state index contributed by atoms with van der Waals surface area (Å²) in [7, 11) is 2.30. The quantitative estimate of drug-likeness (QED) is 0.0981. The standard InChI is InChI=1S/C43H44F2N9O2S.CH3.Cs/c1-4-33-36(44)15-12-27-8-5-11-34(37(27)33)39-38(45)40-35(20-46-39)41(52-21-28-13-14-29(22-52)48-28)50-42(49-40)55-24-43-16-7-17-54(43,3)23-31(19-43)56-30-9-6-10-32(18-30)57-53-25-47-26(2)51-53;;/h1,5-6,8-12,15,18,20,28-29,31,48H,7,13-14,16-17,19,21-25H2,2-3H3,(H,47,51);1H3;/q+1;-1;+1. The van der Waals surface area contributed by atoms with Gasteiger partial charge in [0, 0.05) is 66.5 Å². The van der Waals surface area contributed by atoms with Gasteiger partial charge in [0.25, 0.3) is 0 Å². The van der Waals surface area contributed by atoms with Crippen molar-refractivity contribution in [2.24, 2.45) is 4.99 Å². The monoisotopic (exact) mass is 936 g/mol. The number of pyridine rings is 1. The summed E-state index contributed by atoms with van der Waals surface area (Å²) in [4.78, 5) is 22.1. The zero-order valence-electron chi connectivity index (χ0n) is 34.0. The minimum Gasteiger partial charge on any atom is -0.484 e. The van der Waals surface area contributed by atoms with E-state index < -0.39 is 11.6 Å². The number of fused-ring (bicyclic) bond motifs is 5. The van der Waals surface area contributed by atoms with E-state index in [0.29, 0.717) is 52.9 Å². The first-order valence-corrected chi connectivity index (χ1v) is 20.5. The second kappa shape index (κ2) is 17.0. The Morgan fingerprint density at radius 1 is 1.08 bits per heavy atom. The first-order valence-electron chi connectivity index (χ1n) is 19.7. The number of hydrogen-bond acceptors (Lipinski definition) is 11. The van der Waals surface area contributed by atoms with Crippen molar-refractivity contribution in [1.29, 1.82) is 0 Å². The van der Waals surface area contributed by atoms with E-state index in [1.54, 1.807) is 36.3 Å². The van der Waals surface area contributed by atoms with Crippen molar-refractivity contribution in [3.8, 4) is 35.4 Å². The van der Waals surface area contributed by atoms with E-state index in [1.165, 1.54) is 6.07 Å². The number of terminal acetylenes is 1. The molecule has 3 aromatic carbocycles. The number of hydrogen-bond donors (Lipinski definition) is 2. The predicted molar refractivity (Wildman–Crippen MR) is 224 cm³/mol. The van der Waals surface area contributed by atoms with Crippen molar-refractivity contribution in [2.75, 3.05) is 51.4 Å². The van der Waals surface area contributed by atoms with Crippen molar-refractivity contribution in [3.63, 3.8) is 0 Å². The van der Waals surface area contributed by atoms with Gasteiger partial charge in [-0.1, -0.05) is 36.3 Å². The van der Waals surface area contributed by atoms with Crippen LogP contribution in [0.1, 0.15) is 44.6 Å². The van der Waals surface area contributed by atoms with E-state index in [1.807, 2.05) is 29.5 Å². The Morgan fingerprint density at radius 3 is 2.68 bits per heavy atom. The van der Waals surface area contributed by atoms with Crippen LogP contribution < -0.4 is 94.0 Å². The first-order chi connectivity index (χ1) is 27.7. The van der Waals surface area contributed by atoms with Gasteiger partial charge in [0.2, 0.25) is 0 Å². The van der Waals surface area contributed by atoms with Gasteiger partial charge in [-0.15, -0.1) is 10.8 Å². The summed E-state index contributed by atoms with van der Waals surface area (Å²) < 4.78 is 48.3. The van der Waals surface area contributed by atoms with Crippen LogP contribution >= 0.6 is 11.9 Å². The van der Waals surface area contributed by atoms with Crippen molar-refractivity contribution in [2.45, 2.75) is 67.6 Å². The van der Waals surface area contributed by atoms with Crippen molar-refractivity contribution in [3.05, 3.63) is 85.4 Å². The molecule has 2 aromatic heterocycles. The van der Waals surface area contributed by atoms with Crippen LogP contribution in [0.4, 0.5) is 14.6 Å². The summed E-state index contributed by atoms with van der Waals surface area (Å²) in [6, 6.07) is 17.3. The molecule has 0 spiro atoms. The van der Waals surface area contributed by atoms with Crippen LogP contribution in [-0.2, 0) is 0 Å².